The molecule has 64 heavy (non-hydrogen) atoms. The lowest BCUT2D eigenvalue weighted by Crippen LogP contribution is -2.34. The Morgan fingerprint density at radius 3 is 1.67 bits per heavy atom. The van der Waals surface area contributed by atoms with Gasteiger partial charge in [0.15, 0.2) is 5.78 Å². The zero-order chi connectivity index (χ0) is 44.5. The quantitative estimate of drug-likeness (QED) is 0.101. The Morgan fingerprint density at radius 2 is 1.19 bits per heavy atom. The number of aryl methyl sites for hydroxylation is 2. The number of unbranched alkanes of at least 4 members (excludes halogenated alkanes) is 1. The Labute approximate surface area is 376 Å². The number of fused-ring (bicyclic) bond motifs is 2. The third-order valence-corrected chi connectivity index (χ3v) is 11.4. The fourth-order valence-electron chi connectivity index (χ4n) is 8.66. The van der Waals surface area contributed by atoms with Gasteiger partial charge in [0, 0.05) is 80.1 Å². The van der Waals surface area contributed by atoms with Crippen LogP contribution in [0.15, 0.2) is 97.6 Å². The highest BCUT2D eigenvalue weighted by Gasteiger charge is 2.29. The molecule has 10 nitrogen and oxygen atoms in total. The summed E-state index contributed by atoms with van der Waals surface area (Å²) in [5.41, 5.74) is 10.8. The number of hydrogen-bond acceptors (Lipinski definition) is 9. The molecule has 2 aliphatic heterocycles. The number of hydrogen-bond donors (Lipinski definition) is 1. The fourth-order valence-corrected chi connectivity index (χ4v) is 8.66. The monoisotopic (exact) mass is 867 g/mol. The van der Waals surface area contributed by atoms with Gasteiger partial charge in [-0.2, -0.15) is 0 Å². The average Bonchev–Trinajstić information content (AvgIpc) is 3.90. The van der Waals surface area contributed by atoms with Crippen LogP contribution < -0.4 is 9.80 Å². The van der Waals surface area contributed by atoms with Crippen molar-refractivity contribution in [3.05, 3.63) is 165 Å². The van der Waals surface area contributed by atoms with Gasteiger partial charge >= 0.3 is 0 Å². The van der Waals surface area contributed by atoms with Gasteiger partial charge in [0.2, 0.25) is 0 Å². The van der Waals surface area contributed by atoms with Crippen LogP contribution in [0.25, 0.3) is 0 Å². The second-order valence-corrected chi connectivity index (χ2v) is 16.3. The van der Waals surface area contributed by atoms with E-state index in [4.69, 9.17) is 0 Å². The Morgan fingerprint density at radius 1 is 0.672 bits per heavy atom. The third-order valence-electron chi connectivity index (χ3n) is 11.4. The number of Topliss-reactive ketones (excluding diaryl/α,β-unsaturated/α-hetero) is 1. The van der Waals surface area contributed by atoms with Crippen molar-refractivity contribution in [1.82, 2.24) is 24.8 Å². The lowest BCUT2D eigenvalue weighted by atomic mass is 9.98. The number of carbonyl (C=O) groups excluding carboxylic acids is 2. The van der Waals surface area contributed by atoms with Crippen LogP contribution in [0, 0.1) is 25.5 Å². The van der Waals surface area contributed by atoms with E-state index in [-0.39, 0.29) is 37.4 Å². The van der Waals surface area contributed by atoms with E-state index >= 15 is 0 Å². The van der Waals surface area contributed by atoms with Crippen LogP contribution in [-0.2, 0) is 25.7 Å². The molecule has 0 fully saturated rings. The molecule has 0 saturated heterocycles. The van der Waals surface area contributed by atoms with Gasteiger partial charge in [0.05, 0.1) is 18.0 Å². The number of halogens is 2. The number of aliphatic hydroxyl groups is 1. The summed E-state index contributed by atoms with van der Waals surface area (Å²) in [4.78, 5) is 49.5. The first-order valence-electron chi connectivity index (χ1n) is 21.9. The molecular formula is C52H59F2N7O3. The van der Waals surface area contributed by atoms with Crippen molar-refractivity contribution >= 4 is 34.7 Å². The first kappa shape index (κ1) is 47.1. The van der Waals surface area contributed by atoms with E-state index in [1.165, 1.54) is 24.5 Å². The van der Waals surface area contributed by atoms with Crippen LogP contribution >= 0.6 is 0 Å². The van der Waals surface area contributed by atoms with Gasteiger partial charge in [-0.15, -0.1) is 0 Å². The van der Waals surface area contributed by atoms with Crippen LogP contribution in [-0.4, -0.2) is 74.4 Å². The van der Waals surface area contributed by atoms with E-state index in [2.05, 4.69) is 42.7 Å². The van der Waals surface area contributed by atoms with E-state index < -0.39 is 0 Å². The van der Waals surface area contributed by atoms with Crippen LogP contribution in [0.3, 0.4) is 0 Å². The standard InChI is InChI=1S/C26H29FN4O2.C25H26FN3O.CH4/c1-3-8-30(10-11-32)26(33)23-5-4-6-24-22(23)7-9-31(24)25-16-21(28-17-29-25)15-19-12-18(2)13-20(27)14-19;1-3-4-8-24(30)22-6-5-7-23-21(22)9-10-29(23)25-15-20(27-16-28-25)14-18-11-17(2)12-19(26)13-18;/h4-6,12-14,16-17,32H,3,7-11,15H2,1-2H3;5-7,11-13,15-16H,3-4,8-10,14H2,1-2H3;1H4. The Bertz CT molecular complexity index is 2540. The highest BCUT2D eigenvalue weighted by molar-refractivity contribution is 6.00. The van der Waals surface area contributed by atoms with Crippen molar-refractivity contribution in [2.75, 3.05) is 42.6 Å². The minimum atomic E-state index is -0.247. The van der Waals surface area contributed by atoms with Gasteiger partial charge in [-0.3, -0.25) is 9.59 Å². The molecule has 2 aliphatic rings. The van der Waals surface area contributed by atoms with Crippen molar-refractivity contribution in [2.24, 2.45) is 0 Å². The number of nitrogens with zero attached hydrogens (tertiary/aromatic N) is 7. The van der Waals surface area contributed by atoms with Crippen molar-refractivity contribution in [3.8, 4) is 0 Å². The van der Waals surface area contributed by atoms with E-state index in [1.807, 2.05) is 75.4 Å². The molecule has 4 aromatic carbocycles. The second-order valence-electron chi connectivity index (χ2n) is 16.3. The zero-order valence-corrected chi connectivity index (χ0v) is 36.6. The summed E-state index contributed by atoms with van der Waals surface area (Å²) in [6.07, 6.45) is 9.08. The Kier molecular flexibility index (Phi) is 16.0. The minimum Gasteiger partial charge on any atom is -0.395 e. The van der Waals surface area contributed by atoms with E-state index in [0.717, 1.165) is 112 Å². The van der Waals surface area contributed by atoms with Gasteiger partial charge in [-0.05, 0) is 115 Å². The van der Waals surface area contributed by atoms with Gasteiger partial charge < -0.3 is 19.8 Å². The normalized spacial score (nSPS) is 12.5. The molecule has 0 aliphatic carbocycles. The molecule has 1 amide bonds. The molecule has 8 rings (SSSR count). The molecule has 4 heterocycles. The maximum absolute atomic E-state index is 13.8. The molecule has 0 bridgehead atoms. The maximum atomic E-state index is 13.8. The predicted octanol–water partition coefficient (Wildman–Crippen LogP) is 10.3. The number of carbonyl (C=O) groups is 2. The van der Waals surface area contributed by atoms with Crippen LogP contribution in [0.5, 0.6) is 0 Å². The molecule has 1 N–H and O–H groups in total. The van der Waals surface area contributed by atoms with Crippen molar-refractivity contribution < 1.29 is 23.5 Å². The van der Waals surface area contributed by atoms with Crippen LogP contribution in [0.2, 0.25) is 0 Å². The number of anilines is 4. The SMILES string of the molecule is C.CCCCC(=O)c1cccc2c1CCN2c1cc(Cc2cc(C)cc(F)c2)ncn1.CCCN(CCO)C(=O)c1cccc2c1CCN2c1cc(Cc2cc(C)cc(F)c2)ncn1. The smallest absolute Gasteiger partial charge is 0.254 e. The molecule has 2 aromatic heterocycles. The molecule has 0 spiro atoms. The summed E-state index contributed by atoms with van der Waals surface area (Å²) >= 11 is 0. The largest absolute Gasteiger partial charge is 0.395 e. The summed E-state index contributed by atoms with van der Waals surface area (Å²) < 4.78 is 27.5. The molecule has 0 atom stereocenters. The summed E-state index contributed by atoms with van der Waals surface area (Å²) in [5.74, 6) is 1.27. The molecule has 0 radical (unpaired) electrons. The molecular weight excluding hydrogens is 809 g/mol. The van der Waals surface area contributed by atoms with Crippen LogP contribution in [0.1, 0.15) is 112 Å². The molecule has 0 saturated carbocycles. The lowest BCUT2D eigenvalue weighted by molar-refractivity contribution is 0.0721. The Balaban J connectivity index is 0.000000210. The second kappa shape index (κ2) is 21.8. The Hall–Kier alpha value is -6.40. The zero-order valence-electron chi connectivity index (χ0n) is 36.6. The van der Waals surface area contributed by atoms with Gasteiger partial charge in [0.1, 0.15) is 35.9 Å². The van der Waals surface area contributed by atoms with E-state index in [1.54, 1.807) is 17.3 Å². The summed E-state index contributed by atoms with van der Waals surface area (Å²) in [6, 6.07) is 25.7. The minimum absolute atomic E-state index is 0. The highest BCUT2D eigenvalue weighted by atomic mass is 19.1. The predicted molar refractivity (Wildman–Crippen MR) is 250 cm³/mol. The van der Waals surface area contributed by atoms with E-state index in [9.17, 15) is 23.5 Å². The van der Waals surface area contributed by atoms with Gasteiger partial charge in [-0.1, -0.05) is 58.0 Å². The number of aromatic nitrogens is 4. The first-order valence-corrected chi connectivity index (χ1v) is 21.9. The molecule has 12 heteroatoms. The number of amides is 1. The van der Waals surface area contributed by atoms with Crippen LogP contribution in [0.4, 0.5) is 31.8 Å². The third kappa shape index (κ3) is 11.2. The first-order chi connectivity index (χ1) is 30.5. The number of rotatable bonds is 15. The number of aliphatic hydroxyl groups excluding tert-OH is 1. The topological polar surface area (TPSA) is 116 Å². The summed E-state index contributed by atoms with van der Waals surface area (Å²) in [7, 11) is 0. The van der Waals surface area contributed by atoms with E-state index in [0.29, 0.717) is 44.5 Å². The number of ketones is 1. The van der Waals surface area contributed by atoms with Crippen molar-refractivity contribution in [3.63, 3.8) is 0 Å². The molecule has 0 unspecified atom stereocenters. The van der Waals surface area contributed by atoms with Gasteiger partial charge in [-0.25, -0.2) is 28.7 Å². The lowest BCUT2D eigenvalue weighted by Gasteiger charge is -2.23. The maximum Gasteiger partial charge on any atom is 0.254 e. The average molecular weight is 868 g/mol. The fraction of sp³-hybridized carbons (Fsp3) is 0.346. The van der Waals surface area contributed by atoms with Crippen molar-refractivity contribution in [2.45, 2.75) is 86.5 Å². The molecule has 334 valence electrons. The van der Waals surface area contributed by atoms with Gasteiger partial charge in [0.25, 0.3) is 5.91 Å². The van der Waals surface area contributed by atoms with Crippen molar-refractivity contribution in [1.29, 1.82) is 0 Å². The summed E-state index contributed by atoms with van der Waals surface area (Å²) in [5, 5.41) is 9.37. The molecule has 6 aromatic rings. The highest BCUT2D eigenvalue weighted by Crippen LogP contribution is 2.38. The summed E-state index contributed by atoms with van der Waals surface area (Å²) in [6.45, 7) is 10.3. The number of benzene rings is 4.